The van der Waals surface area contributed by atoms with Gasteiger partial charge in [-0.1, -0.05) is 143 Å². The largest absolute Gasteiger partial charge is 0.461 e. The van der Waals surface area contributed by atoms with E-state index in [0.717, 1.165) is 111 Å². The van der Waals surface area contributed by atoms with E-state index in [4.69, 9.17) is 9.47 Å². The molecule has 6 saturated carbocycles. The number of rotatable bonds is 18. The Morgan fingerprint density at radius 3 is 1.32 bits per heavy atom. The van der Waals surface area contributed by atoms with Crippen LogP contribution in [0.15, 0.2) is 47.6 Å². The highest BCUT2D eigenvalue weighted by molar-refractivity contribution is 6.08. The van der Waals surface area contributed by atoms with Gasteiger partial charge >= 0.3 is 11.9 Å². The first-order valence-electron chi connectivity index (χ1n) is 30.7. The maximum atomic E-state index is 13.5. The van der Waals surface area contributed by atoms with Crippen LogP contribution in [0.1, 0.15) is 231 Å². The van der Waals surface area contributed by atoms with Gasteiger partial charge in [0.2, 0.25) is 0 Å². The van der Waals surface area contributed by atoms with Crippen molar-refractivity contribution in [2.75, 3.05) is 13.1 Å². The van der Waals surface area contributed by atoms with Crippen LogP contribution in [0.4, 0.5) is 0 Å². The number of benzene rings is 1. The van der Waals surface area contributed by atoms with E-state index in [-0.39, 0.29) is 47.3 Å². The average molecular weight is 1020 g/mol. The van der Waals surface area contributed by atoms with Crippen LogP contribution >= 0.6 is 0 Å². The Kier molecular flexibility index (Phi) is 16.8. The van der Waals surface area contributed by atoms with E-state index in [1.54, 1.807) is 24.3 Å². The van der Waals surface area contributed by atoms with Crippen molar-refractivity contribution in [3.63, 3.8) is 0 Å². The lowest BCUT2D eigenvalue weighted by atomic mass is 9.47. The SMILES string of the molecule is CC(C)CCC[C@@H](C)[C@H]1CC[C@H]2[C@@H]3CC=C4C[C@@H](OC(=O)CNC(=O)c5ccccc5C(=O)NCC(=O)O[C@H]5CC[C@@]6(C)C(=CC[C@H]7[C@@H]8CC[C@H]([C@H](C)CCCC(C)C)[C@@]8(C)CC[C@@H]76)C5)CC[C@]4(C)[C@H]3CC[C@]12C. The molecule has 6 fully saturated rings. The highest BCUT2D eigenvalue weighted by Gasteiger charge is 2.61. The van der Waals surface area contributed by atoms with Crippen LogP contribution < -0.4 is 10.6 Å². The van der Waals surface area contributed by atoms with Gasteiger partial charge in [-0.3, -0.25) is 19.2 Å². The second-order valence-electron chi connectivity index (χ2n) is 28.2. The molecule has 0 bridgehead atoms. The number of nitrogens with one attached hydrogen (secondary N) is 2. The van der Waals surface area contributed by atoms with Crippen LogP contribution in [0.25, 0.3) is 0 Å². The zero-order valence-electron chi connectivity index (χ0n) is 48.0. The van der Waals surface area contributed by atoms with Gasteiger partial charge in [0.25, 0.3) is 11.8 Å². The van der Waals surface area contributed by atoms with Crippen molar-refractivity contribution in [2.45, 2.75) is 223 Å². The number of fused-ring (bicyclic) bond motifs is 10. The van der Waals surface area contributed by atoms with E-state index in [9.17, 15) is 19.2 Å². The molecule has 410 valence electrons. The monoisotopic (exact) mass is 1020 g/mol. The number of hydrogen-bond donors (Lipinski definition) is 2. The topological polar surface area (TPSA) is 111 Å². The summed E-state index contributed by atoms with van der Waals surface area (Å²) in [6.45, 7) is 24.2. The molecule has 0 aromatic heterocycles. The Morgan fingerprint density at radius 2 is 0.932 bits per heavy atom. The summed E-state index contributed by atoms with van der Waals surface area (Å²) in [6, 6.07) is 6.53. The molecule has 9 rings (SSSR count). The lowest BCUT2D eigenvalue weighted by Crippen LogP contribution is -2.51. The van der Waals surface area contributed by atoms with Gasteiger partial charge in [0.15, 0.2) is 0 Å². The molecule has 2 amide bonds. The predicted molar refractivity (Wildman–Crippen MR) is 297 cm³/mol. The van der Waals surface area contributed by atoms with Gasteiger partial charge in [-0.05, 0) is 195 Å². The molecular weight excluding hydrogens is 917 g/mol. The Morgan fingerprint density at radius 1 is 0.527 bits per heavy atom. The van der Waals surface area contributed by atoms with Crippen molar-refractivity contribution in [1.82, 2.24) is 10.6 Å². The molecule has 0 heterocycles. The van der Waals surface area contributed by atoms with Gasteiger partial charge in [0.05, 0.1) is 11.1 Å². The fourth-order valence-corrected chi connectivity index (χ4v) is 19.3. The first-order chi connectivity index (χ1) is 35.2. The average Bonchev–Trinajstić information content (AvgIpc) is 3.92. The van der Waals surface area contributed by atoms with E-state index in [2.05, 4.69) is 92.0 Å². The zero-order valence-corrected chi connectivity index (χ0v) is 48.0. The molecule has 0 unspecified atom stereocenters. The van der Waals surface area contributed by atoms with E-state index in [0.29, 0.717) is 22.7 Å². The molecule has 0 saturated heterocycles. The van der Waals surface area contributed by atoms with Gasteiger partial charge in [0, 0.05) is 12.8 Å². The summed E-state index contributed by atoms with van der Waals surface area (Å²) in [6.07, 6.45) is 31.2. The minimum atomic E-state index is -0.536. The van der Waals surface area contributed by atoms with Crippen LogP contribution in [0.3, 0.4) is 0 Å². The summed E-state index contributed by atoms with van der Waals surface area (Å²) in [5, 5.41) is 5.44. The normalized spacial score (nSPS) is 37.9. The number of esters is 2. The third-order valence-corrected chi connectivity index (χ3v) is 23.3. The standard InChI is InChI=1S/C66H100N2O6/c1-41(2)15-13-17-43(5)53-25-27-55-51-23-21-45-37-47(29-33-63(45,7)57(51)31-35-65(53,55)9)73-59(69)39-67-61(71)49-19-11-12-20-50(49)62(72)68-40-60(70)74-48-30-34-64(8)46(38-48)22-24-52-56-28-26-54(44(6)18-14-16-42(3)4)66(56,10)36-32-58(52)64/h11-12,19-22,41-44,47-48,51-58H,13-18,23-40H2,1-10H3,(H,67,71)(H,68,72)/t43-,44-,47+,48+,51+,52+,53-,54-,55+,56+,57+,58+,63+,64+,65-,66-/m1/s1. The van der Waals surface area contributed by atoms with E-state index in [1.807, 2.05) is 0 Å². The molecule has 0 radical (unpaired) electrons. The molecular formula is C66H100N2O6. The van der Waals surface area contributed by atoms with Gasteiger partial charge in [-0.25, -0.2) is 0 Å². The molecule has 8 aliphatic carbocycles. The molecule has 8 nitrogen and oxygen atoms in total. The Hall–Kier alpha value is -3.42. The predicted octanol–water partition coefficient (Wildman–Crippen LogP) is 15.1. The molecule has 8 heteroatoms. The van der Waals surface area contributed by atoms with Crippen LogP contribution in [-0.2, 0) is 19.1 Å². The van der Waals surface area contributed by atoms with Crippen LogP contribution in [0, 0.1) is 92.7 Å². The molecule has 1 aromatic carbocycles. The molecule has 16 atom stereocenters. The first-order valence-corrected chi connectivity index (χ1v) is 30.7. The maximum absolute atomic E-state index is 13.5. The third kappa shape index (κ3) is 10.9. The van der Waals surface area contributed by atoms with Crippen molar-refractivity contribution in [2.24, 2.45) is 92.7 Å². The number of ether oxygens (including phenoxy) is 2. The van der Waals surface area contributed by atoms with Crippen molar-refractivity contribution in [1.29, 1.82) is 0 Å². The molecule has 2 N–H and O–H groups in total. The number of carbonyl (C=O) groups is 4. The first kappa shape index (κ1) is 55.3. The maximum Gasteiger partial charge on any atom is 0.325 e. The molecule has 74 heavy (non-hydrogen) atoms. The van der Waals surface area contributed by atoms with Gasteiger partial charge in [-0.15, -0.1) is 0 Å². The number of amides is 2. The Balaban J connectivity index is 0.718. The summed E-state index contributed by atoms with van der Waals surface area (Å²) in [5.41, 5.74) is 4.44. The second-order valence-corrected chi connectivity index (χ2v) is 28.2. The van der Waals surface area contributed by atoms with Gasteiger partial charge in [0.1, 0.15) is 25.3 Å². The van der Waals surface area contributed by atoms with Gasteiger partial charge in [-0.2, -0.15) is 0 Å². The van der Waals surface area contributed by atoms with Crippen molar-refractivity contribution in [3.8, 4) is 0 Å². The molecule has 8 aliphatic rings. The van der Waals surface area contributed by atoms with E-state index in [1.165, 1.54) is 101 Å². The smallest absolute Gasteiger partial charge is 0.325 e. The summed E-state index contributed by atoms with van der Waals surface area (Å²) >= 11 is 0. The second kappa shape index (κ2) is 22.5. The Bertz CT molecular complexity index is 2110. The van der Waals surface area contributed by atoms with E-state index >= 15 is 0 Å². The summed E-state index contributed by atoms with van der Waals surface area (Å²) in [4.78, 5) is 53.7. The van der Waals surface area contributed by atoms with Crippen molar-refractivity contribution < 1.29 is 28.7 Å². The summed E-state index contributed by atoms with van der Waals surface area (Å²) < 4.78 is 12.1. The molecule has 0 aliphatic heterocycles. The minimum absolute atomic E-state index is 0.140. The Labute approximate surface area is 448 Å². The number of hydrogen-bond acceptors (Lipinski definition) is 6. The third-order valence-electron chi connectivity index (χ3n) is 23.3. The number of carbonyl (C=O) groups excluding carboxylic acids is 4. The fourth-order valence-electron chi connectivity index (χ4n) is 19.3. The zero-order chi connectivity index (χ0) is 52.7. The number of allylic oxidation sites excluding steroid dienone is 2. The molecule has 1 aromatic rings. The van der Waals surface area contributed by atoms with Crippen molar-refractivity contribution >= 4 is 23.8 Å². The van der Waals surface area contributed by atoms with Crippen LogP contribution in [0.2, 0.25) is 0 Å². The van der Waals surface area contributed by atoms with Gasteiger partial charge < -0.3 is 20.1 Å². The summed E-state index contributed by atoms with van der Waals surface area (Å²) in [7, 11) is 0. The van der Waals surface area contributed by atoms with Crippen LogP contribution in [0.5, 0.6) is 0 Å². The molecule has 0 spiro atoms. The lowest BCUT2D eigenvalue weighted by Gasteiger charge is -2.58. The minimum Gasteiger partial charge on any atom is -0.461 e. The fraction of sp³-hybridized carbons (Fsp3) is 0.788. The van der Waals surface area contributed by atoms with Crippen LogP contribution in [-0.4, -0.2) is 49.1 Å². The highest BCUT2D eigenvalue weighted by Crippen LogP contribution is 2.69. The lowest BCUT2D eigenvalue weighted by molar-refractivity contribution is -0.151. The van der Waals surface area contributed by atoms with E-state index < -0.39 is 23.8 Å². The summed E-state index contributed by atoms with van der Waals surface area (Å²) in [5.74, 6) is 7.35. The quantitative estimate of drug-likeness (QED) is 0.112. The van der Waals surface area contributed by atoms with Crippen molar-refractivity contribution in [3.05, 3.63) is 58.7 Å². The highest BCUT2D eigenvalue weighted by atomic mass is 16.5.